The summed E-state index contributed by atoms with van der Waals surface area (Å²) < 4.78 is 51.6. The molecule has 0 aliphatic carbocycles. The third-order valence-corrected chi connectivity index (χ3v) is 2.35. The molecule has 0 aromatic carbocycles. The third kappa shape index (κ3) is 279. The Morgan fingerprint density at radius 2 is 0.750 bits per heavy atom. The van der Waals surface area contributed by atoms with Crippen LogP contribution in [0.15, 0.2) is 0 Å². The molecule has 0 unspecified atom stereocenters. The fourth-order valence-corrected chi connectivity index (χ4v) is 0. The second-order valence-corrected chi connectivity index (χ2v) is 24.3. The summed E-state index contributed by atoms with van der Waals surface area (Å²) in [4.78, 5) is 9.49. The second-order valence-electron chi connectivity index (χ2n) is 20.8. The lowest BCUT2D eigenvalue weighted by Gasteiger charge is -2.21. The highest BCUT2D eigenvalue weighted by Gasteiger charge is 2.42. The van der Waals surface area contributed by atoms with Gasteiger partial charge in [0.2, 0.25) is 5.54 Å². The van der Waals surface area contributed by atoms with Gasteiger partial charge in [-0.05, 0) is 94.4 Å². The summed E-state index contributed by atoms with van der Waals surface area (Å²) in [5.74, 6) is 0.833. The van der Waals surface area contributed by atoms with Crippen LogP contribution in [0.4, 0.5) is 17.6 Å². The predicted molar refractivity (Wildman–Crippen MR) is 232 cm³/mol. The maximum Gasteiger partial charge on any atom is 0.393 e. The van der Waals surface area contributed by atoms with Crippen LogP contribution in [-0.2, 0) is 4.74 Å². The van der Waals surface area contributed by atoms with Gasteiger partial charge in [-0.15, -0.1) is 11.6 Å². The summed E-state index contributed by atoms with van der Waals surface area (Å²) in [5, 5.41) is 18.0. The molecule has 0 aromatic heterocycles. The van der Waals surface area contributed by atoms with E-state index < -0.39 is 22.8 Å². The Morgan fingerprint density at radius 3 is 0.750 bits per heavy atom. The lowest BCUT2D eigenvalue weighted by atomic mass is 9.96. The number of hydrogen-bond acceptors (Lipinski definition) is 4. The van der Waals surface area contributed by atoms with Crippen LogP contribution in [0.2, 0.25) is 0 Å². The lowest BCUT2D eigenvalue weighted by Crippen LogP contribution is -2.28. The Kier molecular flexibility index (Phi) is 47.7. The van der Waals surface area contributed by atoms with E-state index in [4.69, 9.17) is 21.6 Å². The SMILES string of the molecule is C.CC(C)(C)Br.CC(C)(C)C.CC(C)(C)C#N.CC(C)(C)C(F)(F)F.CC(C)(C)Cl.CC(C)(C)F.CC(C)(C)[N+](=O)[O-].CC(C)C.COC(C)(C)C. The van der Waals surface area contributed by atoms with Crippen molar-refractivity contribution in [2.24, 2.45) is 22.2 Å². The van der Waals surface area contributed by atoms with Crippen LogP contribution in [0.3, 0.4) is 0 Å². The van der Waals surface area contributed by atoms with E-state index >= 15 is 0 Å². The molecule has 0 heterocycles. The Balaban J connectivity index is -0.0000000479. The molecule has 0 aliphatic rings. The van der Waals surface area contributed by atoms with E-state index in [1.54, 1.807) is 27.9 Å². The van der Waals surface area contributed by atoms with Crippen molar-refractivity contribution in [2.75, 3.05) is 7.11 Å². The summed E-state index contributed by atoms with van der Waals surface area (Å²) in [5.41, 5.74) is -2.95. The number of alkyl halides is 6. The molecule has 0 saturated heterocycles. The van der Waals surface area contributed by atoms with Crippen LogP contribution in [0.5, 0.6) is 0 Å². The van der Waals surface area contributed by atoms with E-state index in [0.29, 0.717) is 9.74 Å². The first kappa shape index (κ1) is 76.1. The summed E-state index contributed by atoms with van der Waals surface area (Å²) in [6.45, 7) is 51.8. The van der Waals surface area contributed by atoms with Crippen molar-refractivity contribution < 1.29 is 27.2 Å². The molecule has 0 aromatic rings. The van der Waals surface area contributed by atoms with Gasteiger partial charge in [-0.1, -0.05) is 113 Å². The molecule has 0 amide bonds. The molecule has 0 spiro atoms. The van der Waals surface area contributed by atoms with Gasteiger partial charge in [0.25, 0.3) is 0 Å². The van der Waals surface area contributed by atoms with Crippen LogP contribution in [-0.4, -0.2) is 44.2 Å². The zero-order chi connectivity index (χ0) is 45.1. The molecule has 5 nitrogen and oxygen atoms in total. The molecule has 326 valence electrons. The van der Waals surface area contributed by atoms with Crippen LogP contribution in [0.1, 0.15) is 201 Å². The first-order valence-corrected chi connectivity index (χ1v) is 18.5. The van der Waals surface area contributed by atoms with Crippen LogP contribution in [0, 0.1) is 43.6 Å². The second kappa shape index (κ2) is 32.6. The molecule has 0 N–H and O–H groups in total. The Hall–Kier alpha value is -0.660. The highest BCUT2D eigenvalue weighted by molar-refractivity contribution is 9.10. The number of ether oxygens (including phenoxy) is 1. The van der Waals surface area contributed by atoms with Crippen molar-refractivity contribution in [3.05, 3.63) is 10.1 Å². The van der Waals surface area contributed by atoms with Crippen molar-refractivity contribution >= 4 is 27.5 Å². The molecule has 0 rings (SSSR count). The van der Waals surface area contributed by atoms with Gasteiger partial charge in [0.1, 0.15) is 5.67 Å². The van der Waals surface area contributed by atoms with Gasteiger partial charge < -0.3 is 4.74 Å². The quantitative estimate of drug-likeness (QED) is 0.105. The number of halogens is 6. The molecule has 11 heteroatoms. The number of rotatable bonds is 0. The van der Waals surface area contributed by atoms with E-state index in [1.165, 1.54) is 20.8 Å². The number of methoxy groups -OCH3 is 1. The maximum absolute atomic E-state index is 11.7. The molecule has 0 atom stereocenters. The minimum Gasteiger partial charge on any atom is -0.379 e. The minimum absolute atomic E-state index is 0. The van der Waals surface area contributed by atoms with E-state index in [0.717, 1.165) is 26.7 Å². The Labute approximate surface area is 337 Å². The molecule has 0 bridgehead atoms. The summed E-state index contributed by atoms with van der Waals surface area (Å²) in [6.07, 6.45) is -4.06. The molecule has 0 aliphatic heterocycles. The summed E-state index contributed by atoms with van der Waals surface area (Å²) >= 11 is 8.91. The van der Waals surface area contributed by atoms with Gasteiger partial charge in [-0.25, -0.2) is 4.39 Å². The van der Waals surface area contributed by atoms with Gasteiger partial charge in [0, 0.05) is 47.4 Å². The molecule has 0 radical (unpaired) electrons. The van der Waals surface area contributed by atoms with E-state index in [1.807, 2.05) is 62.3 Å². The maximum atomic E-state index is 11.7. The standard InChI is InChI=1S/C5H9F3.C5H9N.C5H12O.C5H12.C4H9Br.C4H9Cl.C4H9F.C4H9NO2.C4H10.CH4/c1-4(2,3)5(6,7)8;1-5(2,3)4-6;1-5(2,3)6-4;1-5(2,3)4;3*1-4(2,3)5;1-4(2,3)5(6)7;1-4(2)3;/h1-3H3;1-3H3;1-4H3;1-4H3;3*1-3H3;1-3H3;4H,1-3H3;1H4. The molecule has 0 saturated carbocycles. The highest BCUT2D eigenvalue weighted by atomic mass is 79.9. The van der Waals surface area contributed by atoms with E-state index in [-0.39, 0.29) is 28.2 Å². The predicted octanol–water partition coefficient (Wildman–Crippen LogP) is 17.0. The smallest absolute Gasteiger partial charge is 0.379 e. The zero-order valence-corrected chi connectivity index (χ0v) is 41.3. The number of nitro groups is 1. The fraction of sp³-hybridized carbons (Fsp3) is 0.976. The summed E-state index contributed by atoms with van der Waals surface area (Å²) in [7, 11) is 1.71. The third-order valence-electron chi connectivity index (χ3n) is 2.35. The van der Waals surface area contributed by atoms with Crippen LogP contribution >= 0.6 is 27.5 Å². The van der Waals surface area contributed by atoms with Gasteiger partial charge >= 0.3 is 6.18 Å². The van der Waals surface area contributed by atoms with Crippen LogP contribution < -0.4 is 0 Å². The van der Waals surface area contributed by atoms with E-state index in [9.17, 15) is 27.7 Å². The van der Waals surface area contributed by atoms with Crippen LogP contribution in [0.25, 0.3) is 0 Å². The van der Waals surface area contributed by atoms with Gasteiger partial charge in [-0.3, -0.25) is 10.1 Å². The zero-order valence-electron chi connectivity index (χ0n) is 39.0. The van der Waals surface area contributed by atoms with Crippen molar-refractivity contribution in [3.8, 4) is 6.07 Å². The van der Waals surface area contributed by atoms with Crippen molar-refractivity contribution in [2.45, 2.75) is 233 Å². The van der Waals surface area contributed by atoms with Crippen molar-refractivity contribution in [1.29, 1.82) is 5.26 Å². The normalized spacial score (nSPS) is 11.6. The fourth-order valence-electron chi connectivity index (χ4n) is 0. The van der Waals surface area contributed by atoms with Crippen molar-refractivity contribution in [3.63, 3.8) is 0 Å². The highest BCUT2D eigenvalue weighted by Crippen LogP contribution is 2.36. The van der Waals surface area contributed by atoms with Gasteiger partial charge in [-0.2, -0.15) is 18.4 Å². The monoisotopic (exact) mass is 851 g/mol. The number of nitriles is 1. The average molecular weight is 853 g/mol. The largest absolute Gasteiger partial charge is 0.393 e. The summed E-state index contributed by atoms with van der Waals surface area (Å²) in [6, 6.07) is 2.10. The number of hydrogen-bond donors (Lipinski definition) is 0. The average Bonchev–Trinajstić information content (AvgIpc) is 2.66. The Morgan fingerprint density at radius 1 is 0.673 bits per heavy atom. The first-order chi connectivity index (χ1) is 21.0. The minimum atomic E-state index is -4.06. The Bertz CT molecular complexity index is 732. The lowest BCUT2D eigenvalue weighted by molar-refractivity contribution is -0.555. The number of nitrogens with zero attached hydrogens (tertiary/aromatic N) is 2. The van der Waals surface area contributed by atoms with Gasteiger partial charge in [0.15, 0.2) is 0 Å². The van der Waals surface area contributed by atoms with E-state index in [2.05, 4.69) is 91.2 Å². The topological polar surface area (TPSA) is 76.2 Å². The molecule has 0 fully saturated rings. The first-order valence-electron chi connectivity index (χ1n) is 17.3. The van der Waals surface area contributed by atoms with Gasteiger partial charge in [0.05, 0.1) is 17.1 Å². The van der Waals surface area contributed by atoms with Crippen molar-refractivity contribution in [1.82, 2.24) is 0 Å². The molecule has 52 heavy (non-hydrogen) atoms. The molecular weight excluding hydrogens is 760 g/mol. The molecular formula is C41H92BrClF4N2O3.